The van der Waals surface area contributed by atoms with Gasteiger partial charge in [0.15, 0.2) is 0 Å². The first kappa shape index (κ1) is 19.9. The average molecular weight is 411 g/mol. The summed E-state index contributed by atoms with van der Waals surface area (Å²) in [4.78, 5) is 10.5. The molecule has 1 aromatic heterocycles. The minimum absolute atomic E-state index is 0.0264. The number of nitrogens with two attached hydrogens (primary N) is 1. The van der Waals surface area contributed by atoms with Gasteiger partial charge >= 0.3 is 5.13 Å². The average Bonchev–Trinajstić information content (AvgIpc) is 3.09. The van der Waals surface area contributed by atoms with Crippen LogP contribution in [0.5, 0.6) is 0 Å². The molecule has 0 amide bonds. The number of benzene rings is 3. The standard InChI is InChI=1S/C12H10O2.C10H9ClN2S/c13-12(14)8-10-6-3-5-9-4-1-2-7-11(9)10;11-9-4-2-1-3-8(9)7-13-5-6-14-10(13)12/h1-7H,8H2,(H,13,14);1-6,12H,7H2. The molecular formula is C22H19ClN2O2S. The van der Waals surface area contributed by atoms with E-state index in [2.05, 4.69) is 0 Å². The maximum atomic E-state index is 10.5. The molecule has 0 saturated carbocycles. The molecule has 0 aliphatic rings. The Morgan fingerprint density at radius 1 is 1.00 bits per heavy atom. The van der Waals surface area contributed by atoms with E-state index in [-0.39, 0.29) is 6.42 Å². The Hall–Kier alpha value is -2.89. The Bertz CT molecular complexity index is 1090. The van der Waals surface area contributed by atoms with E-state index >= 15 is 0 Å². The number of nitrogens with zero attached hydrogens (tertiary/aromatic N) is 1. The first-order chi connectivity index (χ1) is 13.5. The summed E-state index contributed by atoms with van der Waals surface area (Å²) in [5.41, 5.74) is 7.67. The fraction of sp³-hybridized carbons (Fsp3) is 0.0909. The predicted octanol–water partition coefficient (Wildman–Crippen LogP) is 3.45. The molecule has 4 rings (SSSR count). The van der Waals surface area contributed by atoms with Crippen molar-refractivity contribution in [2.45, 2.75) is 13.0 Å². The molecule has 0 radical (unpaired) electrons. The topological polar surface area (TPSA) is 70.0 Å². The van der Waals surface area contributed by atoms with Gasteiger partial charge < -0.3 is 9.90 Å². The van der Waals surface area contributed by atoms with Crippen molar-refractivity contribution in [3.8, 4) is 0 Å². The van der Waals surface area contributed by atoms with Gasteiger partial charge in [-0.1, -0.05) is 83.6 Å². The number of hydrogen-bond donors (Lipinski definition) is 1. The van der Waals surface area contributed by atoms with Gasteiger partial charge in [0.25, 0.3) is 0 Å². The number of halogens is 1. The highest BCUT2D eigenvalue weighted by molar-refractivity contribution is 7.12. The van der Waals surface area contributed by atoms with Crippen LogP contribution in [-0.4, -0.2) is 5.97 Å². The van der Waals surface area contributed by atoms with E-state index in [1.165, 1.54) is 11.3 Å². The lowest BCUT2D eigenvalue weighted by Crippen LogP contribution is -2.34. The predicted molar refractivity (Wildman–Crippen MR) is 112 cm³/mol. The number of nitrogen functional groups attached to an aromatic ring is 1. The molecule has 6 heteroatoms. The normalized spacial score (nSPS) is 10.3. The number of carboxylic acids is 1. The van der Waals surface area contributed by atoms with Crippen LogP contribution >= 0.6 is 22.9 Å². The third kappa shape index (κ3) is 5.09. The summed E-state index contributed by atoms with van der Waals surface area (Å²) in [5, 5.41) is 16.1. The van der Waals surface area contributed by atoms with Gasteiger partial charge in [0, 0.05) is 28.4 Å². The van der Waals surface area contributed by atoms with Gasteiger partial charge in [-0.2, -0.15) is 0 Å². The molecule has 142 valence electrons. The monoisotopic (exact) mass is 410 g/mol. The molecule has 0 atom stereocenters. The highest BCUT2D eigenvalue weighted by atomic mass is 35.5. The Morgan fingerprint density at radius 3 is 2.39 bits per heavy atom. The second-order valence-corrected chi connectivity index (χ2v) is 7.48. The van der Waals surface area contributed by atoms with Gasteiger partial charge in [0.2, 0.25) is 0 Å². The maximum absolute atomic E-state index is 10.5. The lowest BCUT2D eigenvalue weighted by atomic mass is 10.0. The molecule has 0 fully saturated rings. The summed E-state index contributed by atoms with van der Waals surface area (Å²) in [7, 11) is 0. The fourth-order valence-electron chi connectivity index (χ4n) is 2.86. The molecule has 4 nitrogen and oxygen atoms in total. The van der Waals surface area contributed by atoms with E-state index in [1.807, 2.05) is 82.9 Å². The van der Waals surface area contributed by atoms with Crippen LogP contribution in [0.3, 0.4) is 0 Å². The van der Waals surface area contributed by atoms with Crippen molar-refractivity contribution in [1.29, 1.82) is 0 Å². The van der Waals surface area contributed by atoms with Crippen molar-refractivity contribution in [3.05, 3.63) is 94.5 Å². The van der Waals surface area contributed by atoms with Gasteiger partial charge in [0.05, 0.1) is 0 Å². The molecule has 0 aliphatic heterocycles. The van der Waals surface area contributed by atoms with E-state index in [4.69, 9.17) is 17.3 Å². The van der Waals surface area contributed by atoms with Crippen molar-refractivity contribution in [1.82, 2.24) is 0 Å². The second-order valence-electron chi connectivity index (χ2n) is 6.15. The molecule has 0 saturated heterocycles. The minimum atomic E-state index is -1.04. The van der Waals surface area contributed by atoms with Gasteiger partial charge in [-0.3, -0.25) is 5.73 Å². The van der Waals surface area contributed by atoms with Crippen LogP contribution in [0.15, 0.2) is 78.3 Å². The molecule has 0 unspecified atom stereocenters. The van der Waals surface area contributed by atoms with Crippen molar-refractivity contribution in [2.75, 3.05) is 5.73 Å². The van der Waals surface area contributed by atoms with Crippen molar-refractivity contribution in [2.24, 2.45) is 0 Å². The summed E-state index contributed by atoms with van der Waals surface area (Å²) in [6.07, 6.45) is 1.94. The zero-order valence-electron chi connectivity index (χ0n) is 15.0. The van der Waals surface area contributed by atoms with Gasteiger partial charge in [-0.25, -0.2) is 4.57 Å². The number of rotatable bonds is 4. The zero-order chi connectivity index (χ0) is 19.9. The third-order valence-electron chi connectivity index (χ3n) is 4.23. The van der Waals surface area contributed by atoms with Crippen molar-refractivity contribution >= 4 is 44.8 Å². The summed E-state index contributed by atoms with van der Waals surface area (Å²) in [6.45, 7) is 0.731. The Labute approximate surface area is 172 Å². The lowest BCUT2D eigenvalue weighted by Gasteiger charge is -2.06. The molecule has 0 aliphatic carbocycles. The van der Waals surface area contributed by atoms with Gasteiger partial charge in [-0.15, -0.1) is 0 Å². The van der Waals surface area contributed by atoms with E-state index < -0.39 is 5.97 Å². The Kier molecular flexibility index (Phi) is 6.63. The van der Waals surface area contributed by atoms with Gasteiger partial charge in [0.1, 0.15) is 12.7 Å². The lowest BCUT2D eigenvalue weighted by molar-refractivity contribution is -0.669. The molecule has 3 aromatic carbocycles. The molecule has 1 heterocycles. The SMILES string of the molecule is Nc1scc[n+]1Cc1ccccc1Cl.O=C([O-])Cc1cccc2ccccc12. The largest absolute Gasteiger partial charge is 0.550 e. The number of fused-ring (bicyclic) bond motifs is 1. The minimum Gasteiger partial charge on any atom is -0.550 e. The highest BCUT2D eigenvalue weighted by Crippen LogP contribution is 2.18. The number of aliphatic carboxylic acids is 1. The fourth-order valence-corrected chi connectivity index (χ4v) is 3.66. The Morgan fingerprint density at radius 2 is 1.68 bits per heavy atom. The van der Waals surface area contributed by atoms with Crippen LogP contribution < -0.4 is 15.4 Å². The number of aromatic nitrogens is 1. The van der Waals surface area contributed by atoms with Crippen LogP contribution in [0.1, 0.15) is 11.1 Å². The molecule has 4 aromatic rings. The smallest absolute Gasteiger partial charge is 0.331 e. The molecular weight excluding hydrogens is 392 g/mol. The van der Waals surface area contributed by atoms with Crippen LogP contribution in [0, 0.1) is 0 Å². The van der Waals surface area contributed by atoms with E-state index in [0.29, 0.717) is 0 Å². The number of carbonyl (C=O) groups excluding carboxylic acids is 1. The summed E-state index contributed by atoms with van der Waals surface area (Å²) >= 11 is 7.57. The summed E-state index contributed by atoms with van der Waals surface area (Å²) in [6, 6.07) is 21.2. The maximum Gasteiger partial charge on any atom is 0.331 e. The number of anilines is 1. The van der Waals surface area contributed by atoms with Crippen LogP contribution in [0.2, 0.25) is 5.02 Å². The first-order valence-corrected chi connectivity index (χ1v) is 9.92. The van der Waals surface area contributed by atoms with Crippen LogP contribution in [0.4, 0.5) is 5.13 Å². The van der Waals surface area contributed by atoms with Crippen LogP contribution in [0.25, 0.3) is 10.8 Å². The number of thiazole rings is 1. The summed E-state index contributed by atoms with van der Waals surface area (Å²) < 4.78 is 1.98. The summed E-state index contributed by atoms with van der Waals surface area (Å²) in [5.74, 6) is -1.04. The Balaban J connectivity index is 0.000000161. The molecule has 2 N–H and O–H groups in total. The molecule has 0 bridgehead atoms. The molecule has 28 heavy (non-hydrogen) atoms. The van der Waals surface area contributed by atoms with Crippen molar-refractivity contribution in [3.63, 3.8) is 0 Å². The third-order valence-corrected chi connectivity index (χ3v) is 5.33. The number of carboxylic acid groups (broad SMARTS) is 1. The zero-order valence-corrected chi connectivity index (χ0v) is 16.6. The van der Waals surface area contributed by atoms with E-state index in [1.54, 1.807) is 0 Å². The second kappa shape index (κ2) is 9.35. The number of hydrogen-bond acceptors (Lipinski definition) is 4. The first-order valence-electron chi connectivity index (χ1n) is 8.67. The van der Waals surface area contributed by atoms with Crippen LogP contribution in [-0.2, 0) is 17.8 Å². The highest BCUT2D eigenvalue weighted by Gasteiger charge is 2.08. The van der Waals surface area contributed by atoms with Gasteiger partial charge in [-0.05, 0) is 22.4 Å². The number of carbonyl (C=O) groups is 1. The van der Waals surface area contributed by atoms with Crippen molar-refractivity contribution < 1.29 is 14.5 Å². The van der Waals surface area contributed by atoms with E-state index in [9.17, 15) is 9.90 Å². The quantitative estimate of drug-likeness (QED) is 0.524. The van der Waals surface area contributed by atoms with E-state index in [0.717, 1.165) is 38.6 Å². The molecule has 0 spiro atoms.